The van der Waals surface area contributed by atoms with Gasteiger partial charge in [-0.25, -0.2) is 4.98 Å². The van der Waals surface area contributed by atoms with E-state index in [1.54, 1.807) is 11.1 Å². The van der Waals surface area contributed by atoms with Gasteiger partial charge in [-0.2, -0.15) is 0 Å². The average Bonchev–Trinajstić information content (AvgIpc) is 2.68. The number of carbonyl (C=O) groups is 2. The van der Waals surface area contributed by atoms with Crippen LogP contribution in [0.2, 0.25) is 0 Å². The Morgan fingerprint density at radius 1 is 1.12 bits per heavy atom. The van der Waals surface area contributed by atoms with Gasteiger partial charge >= 0.3 is 0 Å². The zero-order valence-electron chi connectivity index (χ0n) is 15.1. The first kappa shape index (κ1) is 17.8. The lowest BCUT2D eigenvalue weighted by Crippen LogP contribution is -2.46. The molecule has 0 bridgehead atoms. The van der Waals surface area contributed by atoms with Crippen molar-refractivity contribution in [3.63, 3.8) is 0 Å². The minimum Gasteiger partial charge on any atom is -0.378 e. The highest BCUT2D eigenvalue weighted by molar-refractivity contribution is 5.95. The van der Waals surface area contributed by atoms with E-state index in [4.69, 9.17) is 0 Å². The largest absolute Gasteiger partial charge is 0.378 e. The molecule has 1 aliphatic heterocycles. The summed E-state index contributed by atoms with van der Waals surface area (Å²) in [6.07, 6.45) is 6.00. The van der Waals surface area contributed by atoms with Crippen molar-refractivity contribution in [1.29, 1.82) is 0 Å². The highest BCUT2D eigenvalue weighted by atomic mass is 16.2. The third kappa shape index (κ3) is 4.17. The van der Waals surface area contributed by atoms with E-state index in [0.29, 0.717) is 24.3 Å². The fraction of sp³-hybridized carbons (Fsp3) is 0.368. The molecule has 2 heterocycles. The second kappa shape index (κ2) is 7.95. The highest BCUT2D eigenvalue weighted by Gasteiger charge is 2.25. The summed E-state index contributed by atoms with van der Waals surface area (Å²) >= 11 is 0. The molecule has 1 aliphatic rings. The van der Waals surface area contributed by atoms with Gasteiger partial charge in [0.15, 0.2) is 0 Å². The molecule has 26 heavy (non-hydrogen) atoms. The summed E-state index contributed by atoms with van der Waals surface area (Å²) in [5, 5.41) is 3.06. The Morgan fingerprint density at radius 3 is 2.38 bits per heavy atom. The summed E-state index contributed by atoms with van der Waals surface area (Å²) < 4.78 is 0. The Hall–Kier alpha value is -2.96. The SMILES string of the molecule is CN(C)c1ccc(C(=O)NC2CCN(C(=O)c3cnccn3)CC2)cc1. The molecular formula is C19H23N5O2. The standard InChI is InChI=1S/C19H23N5O2/c1-23(2)16-5-3-14(4-6-16)18(25)22-15-7-11-24(12-8-15)19(26)17-13-20-9-10-21-17/h3-6,9-10,13,15H,7-8,11-12H2,1-2H3,(H,22,25). The molecule has 0 aliphatic carbocycles. The van der Waals surface area contributed by atoms with Crippen LogP contribution in [0.1, 0.15) is 33.7 Å². The average molecular weight is 353 g/mol. The van der Waals surface area contributed by atoms with Gasteiger partial charge in [0.05, 0.1) is 6.20 Å². The van der Waals surface area contributed by atoms with Crippen LogP contribution in [0.15, 0.2) is 42.9 Å². The molecule has 7 heteroatoms. The van der Waals surface area contributed by atoms with Crippen LogP contribution in [0.25, 0.3) is 0 Å². The van der Waals surface area contributed by atoms with Crippen molar-refractivity contribution in [2.24, 2.45) is 0 Å². The smallest absolute Gasteiger partial charge is 0.274 e. The zero-order chi connectivity index (χ0) is 18.5. The molecule has 136 valence electrons. The molecule has 0 radical (unpaired) electrons. The van der Waals surface area contributed by atoms with Crippen molar-refractivity contribution >= 4 is 17.5 Å². The Bertz CT molecular complexity index is 753. The molecule has 7 nitrogen and oxygen atoms in total. The maximum Gasteiger partial charge on any atom is 0.274 e. The van der Waals surface area contributed by atoms with E-state index < -0.39 is 0 Å². The van der Waals surface area contributed by atoms with Crippen LogP contribution >= 0.6 is 0 Å². The van der Waals surface area contributed by atoms with Crippen LogP contribution in [0.5, 0.6) is 0 Å². The predicted molar refractivity (Wildman–Crippen MR) is 99.2 cm³/mol. The number of anilines is 1. The highest BCUT2D eigenvalue weighted by Crippen LogP contribution is 2.15. The molecule has 0 spiro atoms. The molecule has 1 aromatic carbocycles. The molecule has 1 N–H and O–H groups in total. The summed E-state index contributed by atoms with van der Waals surface area (Å²) in [5.74, 6) is -0.184. The summed E-state index contributed by atoms with van der Waals surface area (Å²) in [5.41, 5.74) is 2.06. The van der Waals surface area contributed by atoms with E-state index in [9.17, 15) is 9.59 Å². The van der Waals surface area contributed by atoms with Crippen molar-refractivity contribution < 1.29 is 9.59 Å². The van der Waals surface area contributed by atoms with Crippen molar-refractivity contribution in [1.82, 2.24) is 20.2 Å². The minimum absolute atomic E-state index is 0.0712. The van der Waals surface area contributed by atoms with Crippen LogP contribution in [0.3, 0.4) is 0 Å². The number of likely N-dealkylation sites (tertiary alicyclic amines) is 1. The molecule has 0 unspecified atom stereocenters. The van der Waals surface area contributed by atoms with Gasteiger partial charge in [-0.3, -0.25) is 14.6 Å². The first-order valence-electron chi connectivity index (χ1n) is 8.68. The number of rotatable bonds is 4. The van der Waals surface area contributed by atoms with Gasteiger partial charge in [0.2, 0.25) is 0 Å². The second-order valence-electron chi connectivity index (χ2n) is 6.57. The van der Waals surface area contributed by atoms with Crippen molar-refractivity contribution in [3.05, 3.63) is 54.1 Å². The van der Waals surface area contributed by atoms with E-state index >= 15 is 0 Å². The molecule has 0 saturated carbocycles. The number of hydrogen-bond donors (Lipinski definition) is 1. The van der Waals surface area contributed by atoms with Gasteiger partial charge in [0.1, 0.15) is 5.69 Å². The second-order valence-corrected chi connectivity index (χ2v) is 6.57. The summed E-state index contributed by atoms with van der Waals surface area (Å²) in [4.78, 5) is 36.5. The monoisotopic (exact) mass is 353 g/mol. The molecule has 0 atom stereocenters. The third-order valence-corrected chi connectivity index (χ3v) is 4.55. The lowest BCUT2D eigenvalue weighted by Gasteiger charge is -2.32. The molecule has 1 saturated heterocycles. The van der Waals surface area contributed by atoms with Gasteiger partial charge in [-0.1, -0.05) is 0 Å². The first-order chi connectivity index (χ1) is 12.5. The number of amides is 2. The lowest BCUT2D eigenvalue weighted by molar-refractivity contribution is 0.0692. The molecule has 2 amide bonds. The maximum atomic E-state index is 12.4. The third-order valence-electron chi connectivity index (χ3n) is 4.55. The molecular weight excluding hydrogens is 330 g/mol. The summed E-state index contributed by atoms with van der Waals surface area (Å²) in [6, 6.07) is 7.59. The van der Waals surface area contributed by atoms with Crippen molar-refractivity contribution in [2.45, 2.75) is 18.9 Å². The molecule has 2 aromatic rings. The Labute approximate surface area is 153 Å². The van der Waals surface area contributed by atoms with Crippen LogP contribution in [-0.2, 0) is 0 Å². The summed E-state index contributed by atoms with van der Waals surface area (Å²) in [7, 11) is 3.93. The first-order valence-corrected chi connectivity index (χ1v) is 8.68. The Balaban J connectivity index is 1.52. The van der Waals surface area contributed by atoms with E-state index in [1.165, 1.54) is 12.4 Å². The molecule has 3 rings (SSSR count). The quantitative estimate of drug-likeness (QED) is 0.903. The fourth-order valence-electron chi connectivity index (χ4n) is 2.98. The van der Waals surface area contributed by atoms with Crippen LogP contribution in [0.4, 0.5) is 5.69 Å². The van der Waals surface area contributed by atoms with Gasteiger partial charge in [0.25, 0.3) is 11.8 Å². The molecule has 1 aromatic heterocycles. The number of nitrogens with zero attached hydrogens (tertiary/aromatic N) is 4. The normalized spacial score (nSPS) is 14.8. The number of piperidine rings is 1. The number of benzene rings is 1. The van der Waals surface area contributed by atoms with Crippen molar-refractivity contribution in [3.8, 4) is 0 Å². The summed E-state index contributed by atoms with van der Waals surface area (Å²) in [6.45, 7) is 1.19. The van der Waals surface area contributed by atoms with Gasteiger partial charge in [-0.05, 0) is 37.1 Å². The topological polar surface area (TPSA) is 78.4 Å². The fourth-order valence-corrected chi connectivity index (χ4v) is 2.98. The van der Waals surface area contributed by atoms with Gasteiger partial charge in [0, 0.05) is 56.9 Å². The lowest BCUT2D eigenvalue weighted by atomic mass is 10.0. The van der Waals surface area contributed by atoms with E-state index in [2.05, 4.69) is 15.3 Å². The van der Waals surface area contributed by atoms with E-state index in [0.717, 1.165) is 18.5 Å². The minimum atomic E-state index is -0.109. The molecule has 1 fully saturated rings. The number of aromatic nitrogens is 2. The zero-order valence-corrected chi connectivity index (χ0v) is 15.1. The number of carbonyl (C=O) groups excluding carboxylic acids is 2. The predicted octanol–water partition coefficient (Wildman–Crippen LogP) is 1.58. The van der Waals surface area contributed by atoms with Gasteiger partial charge < -0.3 is 15.1 Å². The van der Waals surface area contributed by atoms with Gasteiger partial charge in [-0.15, -0.1) is 0 Å². The Morgan fingerprint density at radius 2 is 1.81 bits per heavy atom. The van der Waals surface area contributed by atoms with Crippen LogP contribution in [-0.4, -0.2) is 59.9 Å². The van der Waals surface area contributed by atoms with Crippen molar-refractivity contribution in [2.75, 3.05) is 32.1 Å². The van der Waals surface area contributed by atoms with Crippen LogP contribution in [0, 0.1) is 0 Å². The number of nitrogens with one attached hydrogen (secondary N) is 1. The number of hydrogen-bond acceptors (Lipinski definition) is 5. The van der Waals surface area contributed by atoms with E-state index in [1.807, 2.05) is 43.3 Å². The van der Waals surface area contributed by atoms with E-state index in [-0.39, 0.29) is 17.9 Å². The van der Waals surface area contributed by atoms with Crippen LogP contribution < -0.4 is 10.2 Å². The Kier molecular flexibility index (Phi) is 5.46. The maximum absolute atomic E-state index is 12.4.